The Kier molecular flexibility index (Phi) is 6.65. The minimum atomic E-state index is -0.950. The van der Waals surface area contributed by atoms with Gasteiger partial charge in [0.1, 0.15) is 17.8 Å². The van der Waals surface area contributed by atoms with E-state index in [4.69, 9.17) is 28.4 Å². The van der Waals surface area contributed by atoms with Crippen molar-refractivity contribution in [1.29, 1.82) is 0 Å². The van der Waals surface area contributed by atoms with Crippen molar-refractivity contribution in [1.82, 2.24) is 0 Å². The van der Waals surface area contributed by atoms with Gasteiger partial charge in [-0.1, -0.05) is 48.5 Å². The molecule has 0 amide bonds. The molecule has 0 unspecified atom stereocenters. The zero-order valence-electron chi connectivity index (χ0n) is 18.9. The molecule has 2 fully saturated rings. The predicted molar refractivity (Wildman–Crippen MR) is 116 cm³/mol. The van der Waals surface area contributed by atoms with E-state index in [2.05, 4.69) is 0 Å². The van der Waals surface area contributed by atoms with E-state index in [-0.39, 0.29) is 6.61 Å². The van der Waals surface area contributed by atoms with Crippen molar-refractivity contribution in [3.8, 4) is 0 Å². The van der Waals surface area contributed by atoms with Gasteiger partial charge in [0.25, 0.3) is 0 Å². The van der Waals surface area contributed by atoms with Crippen LogP contribution in [-0.2, 0) is 35.0 Å². The van der Waals surface area contributed by atoms with Crippen molar-refractivity contribution in [3.63, 3.8) is 0 Å². The number of esters is 1. The SMILES string of the molecule is COC[C@@H](OC(=O)c1ccccc1)[C@H]1O[C@@H]2OC(C)(C)O[C@@H]2[C@]1(C)OCc1ccccc1. The van der Waals surface area contributed by atoms with Crippen molar-refractivity contribution >= 4 is 5.97 Å². The molecule has 0 spiro atoms. The number of methoxy groups -OCH3 is 1. The Hall–Kier alpha value is -2.29. The Morgan fingerprint density at radius 3 is 2.31 bits per heavy atom. The summed E-state index contributed by atoms with van der Waals surface area (Å²) in [5.74, 6) is -1.27. The van der Waals surface area contributed by atoms with Crippen molar-refractivity contribution < 1.29 is 33.2 Å². The Morgan fingerprint density at radius 2 is 1.66 bits per heavy atom. The van der Waals surface area contributed by atoms with Gasteiger partial charge >= 0.3 is 5.97 Å². The van der Waals surface area contributed by atoms with Crippen LogP contribution in [0.5, 0.6) is 0 Å². The van der Waals surface area contributed by atoms with Crippen LogP contribution in [0.2, 0.25) is 0 Å². The number of ether oxygens (including phenoxy) is 6. The van der Waals surface area contributed by atoms with Crippen LogP contribution >= 0.6 is 0 Å². The van der Waals surface area contributed by atoms with Crippen molar-refractivity contribution in [2.45, 2.75) is 63.4 Å². The standard InChI is InChI=1S/C25H30O7/c1-24(2)31-21-23(32-24)30-20(25(21,3)28-15-17-11-7-5-8-12-17)19(16-27-4)29-22(26)18-13-9-6-10-14-18/h5-14,19-21,23H,15-16H2,1-4H3/t19-,20-,21+,23-,25-/m1/s1. The average molecular weight is 443 g/mol. The second-order valence-corrected chi connectivity index (χ2v) is 8.70. The second-order valence-electron chi connectivity index (χ2n) is 8.70. The molecule has 2 aromatic carbocycles. The first-order valence-electron chi connectivity index (χ1n) is 10.8. The zero-order chi connectivity index (χ0) is 22.8. The van der Waals surface area contributed by atoms with Gasteiger partial charge in [-0.15, -0.1) is 0 Å². The average Bonchev–Trinajstić information content (AvgIpc) is 3.24. The number of carbonyl (C=O) groups excluding carboxylic acids is 1. The topological polar surface area (TPSA) is 72.5 Å². The van der Waals surface area contributed by atoms with Gasteiger partial charge in [-0.2, -0.15) is 0 Å². The van der Waals surface area contributed by atoms with Crippen LogP contribution in [0.15, 0.2) is 60.7 Å². The molecule has 2 aliphatic rings. The molecule has 7 nitrogen and oxygen atoms in total. The highest BCUT2D eigenvalue weighted by molar-refractivity contribution is 5.89. The minimum absolute atomic E-state index is 0.135. The fourth-order valence-electron chi connectivity index (χ4n) is 4.22. The number of rotatable bonds is 8. The summed E-state index contributed by atoms with van der Waals surface area (Å²) in [7, 11) is 1.55. The van der Waals surface area contributed by atoms with E-state index < -0.39 is 42.0 Å². The van der Waals surface area contributed by atoms with Crippen LogP contribution in [0, 0.1) is 0 Å². The highest BCUT2D eigenvalue weighted by atomic mass is 16.8. The summed E-state index contributed by atoms with van der Waals surface area (Å²) in [6.07, 6.45) is -2.54. The van der Waals surface area contributed by atoms with Gasteiger partial charge in [-0.3, -0.25) is 0 Å². The molecule has 4 rings (SSSR count). The quantitative estimate of drug-likeness (QED) is 0.577. The molecular formula is C25H30O7. The maximum absolute atomic E-state index is 12.8. The van der Waals surface area contributed by atoms with Crippen LogP contribution in [0.1, 0.15) is 36.7 Å². The number of hydrogen-bond acceptors (Lipinski definition) is 7. The second kappa shape index (κ2) is 9.29. The monoisotopic (exact) mass is 442 g/mol. The molecule has 0 saturated carbocycles. The molecule has 0 radical (unpaired) electrons. The van der Waals surface area contributed by atoms with Gasteiger partial charge in [0.15, 0.2) is 18.2 Å². The maximum atomic E-state index is 12.8. The molecule has 2 aliphatic heterocycles. The Morgan fingerprint density at radius 1 is 1.00 bits per heavy atom. The Balaban J connectivity index is 1.59. The summed E-state index contributed by atoms with van der Waals surface area (Å²) in [6, 6.07) is 18.7. The molecule has 32 heavy (non-hydrogen) atoms. The normalized spacial score (nSPS) is 29.4. The number of hydrogen-bond donors (Lipinski definition) is 0. The summed E-state index contributed by atoms with van der Waals surface area (Å²) in [4.78, 5) is 12.8. The van der Waals surface area contributed by atoms with Crippen LogP contribution in [0.3, 0.4) is 0 Å². The van der Waals surface area contributed by atoms with Crippen molar-refractivity contribution in [3.05, 3.63) is 71.8 Å². The smallest absolute Gasteiger partial charge is 0.338 e. The summed E-state index contributed by atoms with van der Waals surface area (Å²) in [5.41, 5.74) is 0.514. The van der Waals surface area contributed by atoms with Gasteiger partial charge in [-0.25, -0.2) is 4.79 Å². The van der Waals surface area contributed by atoms with Gasteiger partial charge < -0.3 is 28.4 Å². The van der Waals surface area contributed by atoms with E-state index in [1.54, 1.807) is 31.4 Å². The van der Waals surface area contributed by atoms with Gasteiger partial charge in [0.2, 0.25) is 0 Å². The molecule has 2 saturated heterocycles. The van der Waals surface area contributed by atoms with E-state index in [0.29, 0.717) is 12.2 Å². The van der Waals surface area contributed by atoms with Crippen LogP contribution in [-0.4, -0.2) is 55.7 Å². The highest BCUT2D eigenvalue weighted by Crippen LogP contribution is 2.46. The Bertz CT molecular complexity index is 901. The minimum Gasteiger partial charge on any atom is -0.453 e. The number of carbonyl (C=O) groups is 1. The summed E-state index contributed by atoms with van der Waals surface area (Å²) in [5, 5.41) is 0. The first-order chi connectivity index (χ1) is 15.3. The van der Waals surface area contributed by atoms with Gasteiger partial charge in [0.05, 0.1) is 18.8 Å². The fraction of sp³-hybridized carbons (Fsp3) is 0.480. The summed E-state index contributed by atoms with van der Waals surface area (Å²) >= 11 is 0. The lowest BCUT2D eigenvalue weighted by molar-refractivity contribution is -0.250. The van der Waals surface area contributed by atoms with E-state index in [1.807, 2.05) is 57.2 Å². The summed E-state index contributed by atoms with van der Waals surface area (Å²) < 4.78 is 36.0. The van der Waals surface area contributed by atoms with Crippen molar-refractivity contribution in [2.75, 3.05) is 13.7 Å². The lowest BCUT2D eigenvalue weighted by Gasteiger charge is -2.38. The van der Waals surface area contributed by atoms with E-state index >= 15 is 0 Å². The number of benzene rings is 2. The molecule has 0 aromatic heterocycles. The van der Waals surface area contributed by atoms with Gasteiger partial charge in [0, 0.05) is 7.11 Å². The first kappa shape index (κ1) is 22.9. The zero-order valence-corrected chi connectivity index (χ0v) is 18.9. The van der Waals surface area contributed by atoms with Crippen molar-refractivity contribution in [2.24, 2.45) is 0 Å². The third kappa shape index (κ3) is 4.72. The number of fused-ring (bicyclic) bond motifs is 1. The molecule has 0 N–H and O–H groups in total. The first-order valence-corrected chi connectivity index (χ1v) is 10.8. The largest absolute Gasteiger partial charge is 0.453 e. The predicted octanol–water partition coefficient (Wildman–Crippen LogP) is 3.71. The third-order valence-electron chi connectivity index (χ3n) is 5.80. The molecule has 172 valence electrons. The molecule has 0 aliphatic carbocycles. The lowest BCUT2D eigenvalue weighted by atomic mass is 9.90. The molecule has 5 atom stereocenters. The van der Waals surface area contributed by atoms with E-state index in [9.17, 15) is 4.79 Å². The lowest BCUT2D eigenvalue weighted by Crippen LogP contribution is -2.54. The van der Waals surface area contributed by atoms with Crippen LogP contribution < -0.4 is 0 Å². The molecule has 0 bridgehead atoms. The fourth-order valence-corrected chi connectivity index (χ4v) is 4.22. The van der Waals surface area contributed by atoms with E-state index in [1.165, 1.54) is 0 Å². The summed E-state index contributed by atoms with van der Waals surface area (Å²) in [6.45, 7) is 6.06. The highest BCUT2D eigenvalue weighted by Gasteiger charge is 2.64. The molecule has 2 heterocycles. The Labute approximate surface area is 188 Å². The maximum Gasteiger partial charge on any atom is 0.338 e. The molecule has 2 aromatic rings. The third-order valence-corrected chi connectivity index (χ3v) is 5.80. The van der Waals surface area contributed by atoms with E-state index in [0.717, 1.165) is 5.56 Å². The van der Waals surface area contributed by atoms with Crippen LogP contribution in [0.4, 0.5) is 0 Å². The van der Waals surface area contributed by atoms with Crippen LogP contribution in [0.25, 0.3) is 0 Å². The van der Waals surface area contributed by atoms with Gasteiger partial charge in [-0.05, 0) is 38.5 Å². The molecular weight excluding hydrogens is 412 g/mol. The molecule has 7 heteroatoms.